The number of nitrogens with zero attached hydrogens (tertiary/aromatic N) is 3. The molecule has 3 rings (SSSR count). The second kappa shape index (κ2) is 9.23. The first-order valence-corrected chi connectivity index (χ1v) is 10.0. The molecule has 2 heterocycles. The van der Waals surface area contributed by atoms with Crippen molar-refractivity contribution in [3.63, 3.8) is 0 Å². The van der Waals surface area contributed by atoms with E-state index in [4.69, 9.17) is 4.99 Å². The van der Waals surface area contributed by atoms with Gasteiger partial charge in [-0.15, -0.1) is 0 Å². The number of amides is 1. The second-order valence-corrected chi connectivity index (χ2v) is 7.70. The summed E-state index contributed by atoms with van der Waals surface area (Å²) in [5.41, 5.74) is 0.298. The molecule has 28 heavy (non-hydrogen) atoms. The molecule has 154 valence electrons. The van der Waals surface area contributed by atoms with Gasteiger partial charge in [0.25, 0.3) is 0 Å². The van der Waals surface area contributed by atoms with Gasteiger partial charge in [0.2, 0.25) is 5.91 Å². The summed E-state index contributed by atoms with van der Waals surface area (Å²) in [7, 11) is 0. The van der Waals surface area contributed by atoms with Crippen LogP contribution < -0.4 is 10.6 Å². The number of phenols is 1. The first-order chi connectivity index (χ1) is 13.4. The number of phenolic OH excluding ortho intramolecular Hbond substituents is 1. The van der Waals surface area contributed by atoms with Crippen molar-refractivity contribution in [2.75, 3.05) is 38.0 Å². The number of anilines is 1. The molecule has 2 aliphatic heterocycles. The predicted molar refractivity (Wildman–Crippen MR) is 108 cm³/mol. The largest absolute Gasteiger partial charge is 0.506 e. The Kier molecular flexibility index (Phi) is 6.72. The van der Waals surface area contributed by atoms with Crippen LogP contribution in [0.2, 0.25) is 0 Å². The number of guanidine groups is 1. The van der Waals surface area contributed by atoms with E-state index >= 15 is 0 Å². The van der Waals surface area contributed by atoms with Gasteiger partial charge in [0, 0.05) is 57.3 Å². The minimum Gasteiger partial charge on any atom is -0.506 e. The normalized spacial score (nSPS) is 23.4. The predicted octanol–water partition coefficient (Wildman–Crippen LogP) is 1.99. The Hall–Kier alpha value is -2.35. The number of carbonyl (C=O) groups is 1. The fraction of sp³-hybridized carbons (Fsp3) is 0.600. The van der Waals surface area contributed by atoms with Crippen molar-refractivity contribution in [1.82, 2.24) is 15.1 Å². The Labute approximate surface area is 165 Å². The summed E-state index contributed by atoms with van der Waals surface area (Å²) >= 11 is 0. The minimum absolute atomic E-state index is 0.0204. The van der Waals surface area contributed by atoms with Crippen LogP contribution in [0, 0.1) is 5.82 Å². The summed E-state index contributed by atoms with van der Waals surface area (Å²) in [4.78, 5) is 20.4. The van der Waals surface area contributed by atoms with E-state index in [0.29, 0.717) is 43.2 Å². The van der Waals surface area contributed by atoms with Crippen LogP contribution in [0.25, 0.3) is 0 Å². The van der Waals surface area contributed by atoms with E-state index in [9.17, 15) is 14.3 Å². The number of aliphatic imine (C=N–C) groups is 1. The Morgan fingerprint density at radius 3 is 2.79 bits per heavy atom. The minimum atomic E-state index is -0.422. The molecule has 0 bridgehead atoms. The molecule has 7 nitrogen and oxygen atoms in total. The lowest BCUT2D eigenvalue weighted by Crippen LogP contribution is -2.57. The van der Waals surface area contributed by atoms with Gasteiger partial charge < -0.3 is 25.5 Å². The van der Waals surface area contributed by atoms with Crippen LogP contribution in [-0.2, 0) is 4.79 Å². The maximum absolute atomic E-state index is 13.6. The number of benzene rings is 1. The van der Waals surface area contributed by atoms with Crippen LogP contribution >= 0.6 is 0 Å². The van der Waals surface area contributed by atoms with Gasteiger partial charge in [0.15, 0.2) is 5.96 Å². The third-order valence-corrected chi connectivity index (χ3v) is 5.08. The Balaban J connectivity index is 1.69. The summed E-state index contributed by atoms with van der Waals surface area (Å²) in [6, 6.07) is 4.40. The molecule has 2 unspecified atom stereocenters. The number of likely N-dealkylation sites (tertiary alicyclic amines) is 1. The van der Waals surface area contributed by atoms with Gasteiger partial charge in [-0.1, -0.05) is 0 Å². The Morgan fingerprint density at radius 1 is 1.36 bits per heavy atom. The molecule has 1 aromatic rings. The molecule has 0 aliphatic carbocycles. The van der Waals surface area contributed by atoms with E-state index in [-0.39, 0.29) is 11.7 Å². The lowest BCUT2D eigenvalue weighted by atomic mass is 10.1. The highest BCUT2D eigenvalue weighted by Crippen LogP contribution is 2.24. The third-order valence-electron chi connectivity index (χ3n) is 5.08. The van der Waals surface area contributed by atoms with Crippen LogP contribution in [-0.4, -0.2) is 71.6 Å². The number of piperazine rings is 1. The van der Waals surface area contributed by atoms with Crippen molar-refractivity contribution in [1.29, 1.82) is 0 Å². The molecule has 1 aromatic carbocycles. The van der Waals surface area contributed by atoms with E-state index in [1.807, 2.05) is 4.90 Å². The molecule has 0 radical (unpaired) electrons. The number of hydrogen-bond acceptors (Lipinski definition) is 4. The summed E-state index contributed by atoms with van der Waals surface area (Å²) in [6.45, 7) is 7.83. The highest BCUT2D eigenvalue weighted by atomic mass is 19.1. The van der Waals surface area contributed by atoms with Crippen LogP contribution in [0.1, 0.15) is 33.1 Å². The first-order valence-electron chi connectivity index (χ1n) is 10.0. The molecule has 2 fully saturated rings. The number of halogens is 1. The number of rotatable bonds is 5. The van der Waals surface area contributed by atoms with Gasteiger partial charge in [0.1, 0.15) is 11.6 Å². The van der Waals surface area contributed by atoms with Gasteiger partial charge >= 0.3 is 0 Å². The molecule has 2 saturated heterocycles. The standard InChI is InChI=1S/C20H30FN5O2/c1-14-12-26(13-15(2)23-14)20(24-17-11-16(21)6-7-18(17)27)22-8-4-10-25-9-3-5-19(25)28/h6-7,11,14-15,23,27H,3-5,8-10,12-13H2,1-2H3,(H,22,24). The van der Waals surface area contributed by atoms with Gasteiger partial charge in [-0.2, -0.15) is 0 Å². The second-order valence-electron chi connectivity index (χ2n) is 7.70. The van der Waals surface area contributed by atoms with E-state index in [1.165, 1.54) is 18.2 Å². The molecule has 0 aromatic heterocycles. The van der Waals surface area contributed by atoms with Crippen molar-refractivity contribution in [2.45, 2.75) is 45.2 Å². The molecule has 8 heteroatoms. The smallest absolute Gasteiger partial charge is 0.222 e. The van der Waals surface area contributed by atoms with Gasteiger partial charge in [0.05, 0.1) is 5.69 Å². The maximum Gasteiger partial charge on any atom is 0.222 e. The number of hydrogen-bond donors (Lipinski definition) is 3. The van der Waals surface area contributed by atoms with Crippen molar-refractivity contribution in [3.05, 3.63) is 24.0 Å². The van der Waals surface area contributed by atoms with Gasteiger partial charge in [-0.05, 0) is 38.8 Å². The average molecular weight is 391 g/mol. The average Bonchev–Trinajstić information content (AvgIpc) is 3.04. The van der Waals surface area contributed by atoms with Crippen molar-refractivity contribution < 1.29 is 14.3 Å². The van der Waals surface area contributed by atoms with Crippen LogP contribution in [0.15, 0.2) is 23.2 Å². The van der Waals surface area contributed by atoms with Crippen LogP contribution in [0.5, 0.6) is 5.75 Å². The molecule has 0 spiro atoms. The Bertz CT molecular complexity index is 717. The maximum atomic E-state index is 13.6. The van der Waals surface area contributed by atoms with Crippen LogP contribution in [0.4, 0.5) is 10.1 Å². The molecular weight excluding hydrogens is 361 g/mol. The fourth-order valence-electron chi connectivity index (χ4n) is 3.83. The third kappa shape index (κ3) is 5.34. The van der Waals surface area contributed by atoms with Crippen LogP contribution in [0.3, 0.4) is 0 Å². The summed E-state index contributed by atoms with van der Waals surface area (Å²) < 4.78 is 13.6. The van der Waals surface area contributed by atoms with Crippen molar-refractivity contribution in [2.24, 2.45) is 4.99 Å². The molecule has 3 N–H and O–H groups in total. The first kappa shape index (κ1) is 20.4. The summed E-state index contributed by atoms with van der Waals surface area (Å²) in [6.07, 6.45) is 2.35. The van der Waals surface area contributed by atoms with Gasteiger partial charge in [-0.25, -0.2) is 4.39 Å². The SMILES string of the molecule is CC1CN(C(=NCCCN2CCCC2=O)Nc2cc(F)ccc2O)CC(C)N1. The monoisotopic (exact) mass is 391 g/mol. The summed E-state index contributed by atoms with van der Waals surface area (Å²) in [5, 5.41) is 16.7. The molecule has 2 aliphatic rings. The zero-order valence-electron chi connectivity index (χ0n) is 16.6. The zero-order valence-corrected chi connectivity index (χ0v) is 16.6. The van der Waals surface area contributed by atoms with Crippen molar-refractivity contribution >= 4 is 17.6 Å². The molecule has 2 atom stereocenters. The molecule has 0 saturated carbocycles. The van der Waals surface area contributed by atoms with Crippen molar-refractivity contribution in [3.8, 4) is 5.75 Å². The Morgan fingerprint density at radius 2 is 2.11 bits per heavy atom. The zero-order chi connectivity index (χ0) is 20.1. The molecular formula is C20H30FN5O2. The topological polar surface area (TPSA) is 80.2 Å². The van der Waals surface area contributed by atoms with Gasteiger partial charge in [-0.3, -0.25) is 9.79 Å². The van der Waals surface area contributed by atoms with E-state index < -0.39 is 5.82 Å². The van der Waals surface area contributed by atoms with E-state index in [0.717, 1.165) is 32.5 Å². The number of nitrogens with one attached hydrogen (secondary N) is 2. The summed E-state index contributed by atoms with van der Waals surface area (Å²) in [5.74, 6) is 0.396. The number of aromatic hydroxyl groups is 1. The highest BCUT2D eigenvalue weighted by Gasteiger charge is 2.24. The quantitative estimate of drug-likeness (QED) is 0.310. The molecule has 1 amide bonds. The van der Waals surface area contributed by atoms with E-state index in [1.54, 1.807) is 0 Å². The fourth-order valence-corrected chi connectivity index (χ4v) is 3.83. The lowest BCUT2D eigenvalue weighted by molar-refractivity contribution is -0.127. The number of carbonyl (C=O) groups excluding carboxylic acids is 1. The lowest BCUT2D eigenvalue weighted by Gasteiger charge is -2.38. The van der Waals surface area contributed by atoms with E-state index in [2.05, 4.69) is 29.4 Å². The highest BCUT2D eigenvalue weighted by molar-refractivity contribution is 5.95.